The van der Waals surface area contributed by atoms with Crippen LogP contribution in [0, 0.1) is 0 Å². The van der Waals surface area contributed by atoms with Crippen molar-refractivity contribution in [2.45, 2.75) is 5.09 Å². The van der Waals surface area contributed by atoms with Crippen LogP contribution in [0.1, 0.15) is 0 Å². The Morgan fingerprint density at radius 1 is 1.36 bits per heavy atom. The van der Waals surface area contributed by atoms with E-state index in [-0.39, 0.29) is 5.43 Å². The van der Waals surface area contributed by atoms with E-state index in [9.17, 15) is 4.79 Å². The first-order chi connectivity index (χ1) is 6.70. The van der Waals surface area contributed by atoms with Crippen LogP contribution in [0.5, 0.6) is 5.75 Å². The maximum atomic E-state index is 11.4. The molecule has 0 unspecified atom stereocenters. The lowest BCUT2D eigenvalue weighted by Crippen LogP contribution is -1.99. The third kappa shape index (κ3) is 1.48. The number of hydrogen-bond donors (Lipinski definition) is 1. The molecule has 0 amide bonds. The lowest BCUT2D eigenvalue weighted by molar-refractivity contribution is 0.413. The van der Waals surface area contributed by atoms with Gasteiger partial charge >= 0.3 is 0 Å². The number of hydrogen-bond acceptors (Lipinski definition) is 4. The van der Waals surface area contributed by atoms with Crippen molar-refractivity contribution in [3.63, 3.8) is 0 Å². The highest BCUT2D eigenvalue weighted by Crippen LogP contribution is 2.20. The van der Waals surface area contributed by atoms with Crippen LogP contribution in [0.15, 0.2) is 38.6 Å². The van der Waals surface area contributed by atoms with Gasteiger partial charge in [-0.2, -0.15) is 0 Å². The first kappa shape index (κ1) is 9.15. The smallest absolute Gasteiger partial charge is 0.193 e. The highest BCUT2D eigenvalue weighted by atomic mass is 32.1. The molecule has 0 N–H and O–H groups in total. The molecule has 72 valence electrons. The van der Waals surface area contributed by atoms with Crippen LogP contribution in [0.25, 0.3) is 11.0 Å². The van der Waals surface area contributed by atoms with Gasteiger partial charge in [-0.05, 0) is 12.1 Å². The number of fused-ring (bicyclic) bond motifs is 1. The van der Waals surface area contributed by atoms with Gasteiger partial charge in [-0.3, -0.25) is 4.79 Å². The Balaban J connectivity index is 2.82. The summed E-state index contributed by atoms with van der Waals surface area (Å²) in [6, 6.07) is 6.40. The molecular weight excluding hydrogens is 200 g/mol. The molecule has 0 atom stereocenters. The summed E-state index contributed by atoms with van der Waals surface area (Å²) in [7, 11) is 1.56. The fourth-order valence-electron chi connectivity index (χ4n) is 1.25. The summed E-state index contributed by atoms with van der Waals surface area (Å²) in [5.41, 5.74) is 0.390. The number of rotatable bonds is 1. The second-order valence-corrected chi connectivity index (χ2v) is 3.25. The number of ether oxygens (including phenoxy) is 1. The molecular formula is C10H8O3S. The molecule has 0 spiro atoms. The molecule has 1 aromatic carbocycles. The predicted molar refractivity (Wildman–Crippen MR) is 56.3 cm³/mol. The van der Waals surface area contributed by atoms with Crippen molar-refractivity contribution in [1.29, 1.82) is 0 Å². The summed E-state index contributed by atoms with van der Waals surface area (Å²) in [5.74, 6) is 0.652. The second-order valence-electron chi connectivity index (χ2n) is 2.81. The first-order valence-electron chi connectivity index (χ1n) is 4.01. The third-order valence-corrected chi connectivity index (χ3v) is 2.14. The molecule has 0 bridgehead atoms. The SMILES string of the molecule is COc1ccc2c(=O)cc(S)oc2c1. The van der Waals surface area contributed by atoms with Gasteiger partial charge in [0.15, 0.2) is 10.5 Å². The summed E-state index contributed by atoms with van der Waals surface area (Å²) in [5, 5.41) is 0.833. The molecule has 2 aromatic rings. The van der Waals surface area contributed by atoms with Crippen LogP contribution in [-0.2, 0) is 0 Å². The largest absolute Gasteiger partial charge is 0.497 e. The molecule has 0 aliphatic carbocycles. The lowest BCUT2D eigenvalue weighted by atomic mass is 10.2. The van der Waals surface area contributed by atoms with Crippen molar-refractivity contribution >= 4 is 23.6 Å². The van der Waals surface area contributed by atoms with Gasteiger partial charge in [-0.25, -0.2) is 0 Å². The Bertz CT molecular complexity index is 530. The van der Waals surface area contributed by atoms with Gasteiger partial charge in [0, 0.05) is 12.1 Å². The van der Waals surface area contributed by atoms with Crippen molar-refractivity contribution in [2.24, 2.45) is 0 Å². The minimum absolute atomic E-state index is 0.0982. The number of benzene rings is 1. The maximum absolute atomic E-state index is 11.4. The fourth-order valence-corrected chi connectivity index (χ4v) is 1.47. The Kier molecular flexibility index (Phi) is 2.21. The quantitative estimate of drug-likeness (QED) is 0.729. The van der Waals surface area contributed by atoms with Gasteiger partial charge in [0.1, 0.15) is 11.3 Å². The van der Waals surface area contributed by atoms with Crippen LogP contribution in [0.2, 0.25) is 0 Å². The summed E-state index contributed by atoms with van der Waals surface area (Å²) < 4.78 is 10.3. The molecule has 3 nitrogen and oxygen atoms in total. The van der Waals surface area contributed by atoms with Crippen LogP contribution in [-0.4, -0.2) is 7.11 Å². The minimum Gasteiger partial charge on any atom is -0.497 e. The lowest BCUT2D eigenvalue weighted by Gasteiger charge is -2.01. The summed E-state index contributed by atoms with van der Waals surface area (Å²) >= 11 is 3.99. The molecule has 0 fully saturated rings. The van der Waals surface area contributed by atoms with Crippen molar-refractivity contribution < 1.29 is 9.15 Å². The van der Waals surface area contributed by atoms with E-state index in [1.54, 1.807) is 25.3 Å². The average Bonchev–Trinajstić information content (AvgIpc) is 2.16. The maximum Gasteiger partial charge on any atom is 0.193 e. The van der Waals surface area contributed by atoms with E-state index in [1.807, 2.05) is 0 Å². The highest BCUT2D eigenvalue weighted by molar-refractivity contribution is 7.80. The Morgan fingerprint density at radius 2 is 2.14 bits per heavy atom. The van der Waals surface area contributed by atoms with Crippen LogP contribution in [0.4, 0.5) is 0 Å². The molecule has 0 aliphatic rings. The standard InChI is InChI=1S/C10H8O3S/c1-12-6-2-3-7-8(11)5-10(14)13-9(7)4-6/h2-5,14H,1H3. The van der Waals surface area contributed by atoms with Gasteiger partial charge in [0.25, 0.3) is 0 Å². The van der Waals surface area contributed by atoms with Crippen LogP contribution in [0.3, 0.4) is 0 Å². The van der Waals surface area contributed by atoms with Crippen LogP contribution >= 0.6 is 12.6 Å². The first-order valence-corrected chi connectivity index (χ1v) is 4.46. The van der Waals surface area contributed by atoms with Gasteiger partial charge in [-0.15, -0.1) is 12.6 Å². The molecule has 4 heteroatoms. The zero-order chi connectivity index (χ0) is 10.1. The normalized spacial score (nSPS) is 10.4. The fraction of sp³-hybridized carbons (Fsp3) is 0.100. The Hall–Kier alpha value is -1.42. The van der Waals surface area contributed by atoms with E-state index >= 15 is 0 Å². The molecule has 0 radical (unpaired) electrons. The molecule has 0 saturated carbocycles. The number of methoxy groups -OCH3 is 1. The van der Waals surface area contributed by atoms with E-state index in [0.29, 0.717) is 21.8 Å². The number of thiol groups is 1. The highest BCUT2D eigenvalue weighted by Gasteiger charge is 2.03. The topological polar surface area (TPSA) is 39.4 Å². The average molecular weight is 208 g/mol. The van der Waals surface area contributed by atoms with Gasteiger partial charge in [-0.1, -0.05) is 0 Å². The third-order valence-electron chi connectivity index (χ3n) is 1.92. The zero-order valence-corrected chi connectivity index (χ0v) is 8.38. The van der Waals surface area contributed by atoms with E-state index in [1.165, 1.54) is 6.07 Å². The zero-order valence-electron chi connectivity index (χ0n) is 7.48. The van der Waals surface area contributed by atoms with Crippen molar-refractivity contribution in [3.05, 3.63) is 34.5 Å². The van der Waals surface area contributed by atoms with Gasteiger partial charge in [0.2, 0.25) is 0 Å². The van der Waals surface area contributed by atoms with E-state index < -0.39 is 0 Å². The Morgan fingerprint density at radius 3 is 2.86 bits per heavy atom. The molecule has 0 saturated heterocycles. The van der Waals surface area contributed by atoms with Gasteiger partial charge < -0.3 is 9.15 Å². The molecule has 1 aromatic heterocycles. The van der Waals surface area contributed by atoms with Crippen molar-refractivity contribution in [1.82, 2.24) is 0 Å². The van der Waals surface area contributed by atoms with E-state index in [2.05, 4.69) is 12.6 Å². The summed E-state index contributed by atoms with van der Waals surface area (Å²) in [6.07, 6.45) is 0. The van der Waals surface area contributed by atoms with Crippen LogP contribution < -0.4 is 10.2 Å². The minimum atomic E-state index is -0.0982. The molecule has 1 heterocycles. The summed E-state index contributed by atoms with van der Waals surface area (Å²) in [4.78, 5) is 11.4. The van der Waals surface area contributed by atoms with Crippen molar-refractivity contribution in [2.75, 3.05) is 7.11 Å². The second kappa shape index (κ2) is 3.38. The van der Waals surface area contributed by atoms with Crippen molar-refractivity contribution in [3.8, 4) is 5.75 Å². The molecule has 2 rings (SSSR count). The summed E-state index contributed by atoms with van der Waals surface area (Å²) in [6.45, 7) is 0. The molecule has 0 aliphatic heterocycles. The van der Waals surface area contributed by atoms with Gasteiger partial charge in [0.05, 0.1) is 12.5 Å². The molecule has 14 heavy (non-hydrogen) atoms. The Labute approximate surface area is 85.7 Å². The van der Waals surface area contributed by atoms with E-state index in [4.69, 9.17) is 9.15 Å². The monoisotopic (exact) mass is 208 g/mol. The van der Waals surface area contributed by atoms with E-state index in [0.717, 1.165) is 0 Å². The predicted octanol–water partition coefficient (Wildman–Crippen LogP) is 2.09.